The van der Waals surface area contributed by atoms with Gasteiger partial charge in [0.25, 0.3) is 0 Å². The van der Waals surface area contributed by atoms with E-state index in [0.29, 0.717) is 0 Å². The Labute approximate surface area is 383 Å². The van der Waals surface area contributed by atoms with Gasteiger partial charge in [0.2, 0.25) is 0 Å². The molecule has 0 saturated carbocycles. The predicted molar refractivity (Wildman–Crippen MR) is 275 cm³/mol. The molecule has 0 aromatic heterocycles. The molecule has 0 heterocycles. The highest BCUT2D eigenvalue weighted by molar-refractivity contribution is 5.96. The Morgan fingerprint density at radius 2 is 0.662 bits per heavy atom. The second-order valence-electron chi connectivity index (χ2n) is 17.4. The van der Waals surface area contributed by atoms with Crippen molar-refractivity contribution in [2.45, 2.75) is 19.3 Å². The molecule has 310 valence electrons. The highest BCUT2D eigenvalue weighted by Gasteiger charge is 2.36. The fraction of sp³-hybridized carbons (Fsp3) is 0.0476. The van der Waals surface area contributed by atoms with E-state index in [4.69, 9.17) is 0 Å². The molecule has 0 atom stereocenters. The predicted octanol–water partition coefficient (Wildman–Crippen LogP) is 17.6. The third-order valence-corrected chi connectivity index (χ3v) is 13.0. The Balaban J connectivity index is 1.15. The van der Waals surface area contributed by atoms with Crippen LogP contribution in [0.4, 0.5) is 34.1 Å². The van der Waals surface area contributed by atoms with E-state index in [-0.39, 0.29) is 5.41 Å². The fourth-order valence-corrected chi connectivity index (χ4v) is 9.91. The number of anilines is 6. The van der Waals surface area contributed by atoms with Gasteiger partial charge in [0, 0.05) is 39.5 Å². The van der Waals surface area contributed by atoms with Gasteiger partial charge in [-0.3, -0.25) is 0 Å². The lowest BCUT2D eigenvalue weighted by molar-refractivity contribution is 0.660. The zero-order valence-corrected chi connectivity index (χ0v) is 36.6. The zero-order valence-electron chi connectivity index (χ0n) is 36.6. The Morgan fingerprint density at radius 3 is 1.22 bits per heavy atom. The van der Waals surface area contributed by atoms with Gasteiger partial charge in [0.05, 0.1) is 0 Å². The first kappa shape index (κ1) is 39.6. The molecule has 0 spiro atoms. The topological polar surface area (TPSA) is 6.48 Å². The van der Waals surface area contributed by atoms with E-state index in [1.165, 1.54) is 50.1 Å². The summed E-state index contributed by atoms with van der Waals surface area (Å²) in [6.45, 7) is 4.72. The summed E-state index contributed by atoms with van der Waals surface area (Å²) >= 11 is 0. The van der Waals surface area contributed by atoms with Crippen molar-refractivity contribution in [3.05, 3.63) is 266 Å². The maximum atomic E-state index is 2.43. The first-order chi connectivity index (χ1) is 32.0. The van der Waals surface area contributed by atoms with Crippen molar-refractivity contribution in [1.29, 1.82) is 0 Å². The van der Waals surface area contributed by atoms with Gasteiger partial charge in [0.1, 0.15) is 0 Å². The molecule has 0 radical (unpaired) electrons. The molecule has 0 amide bonds. The van der Waals surface area contributed by atoms with Gasteiger partial charge >= 0.3 is 0 Å². The first-order valence-corrected chi connectivity index (χ1v) is 22.5. The van der Waals surface area contributed by atoms with Gasteiger partial charge in [-0.25, -0.2) is 0 Å². The van der Waals surface area contributed by atoms with E-state index in [9.17, 15) is 0 Å². The third-order valence-electron chi connectivity index (χ3n) is 13.0. The summed E-state index contributed by atoms with van der Waals surface area (Å²) in [6.07, 6.45) is 0. The zero-order chi connectivity index (χ0) is 43.7. The Morgan fingerprint density at radius 1 is 0.246 bits per heavy atom. The van der Waals surface area contributed by atoms with E-state index < -0.39 is 0 Å². The molecular formula is C63H48N2. The van der Waals surface area contributed by atoms with Crippen LogP contribution >= 0.6 is 0 Å². The van der Waals surface area contributed by atoms with Crippen LogP contribution in [0.2, 0.25) is 0 Å². The van der Waals surface area contributed by atoms with Crippen LogP contribution in [0.5, 0.6) is 0 Å². The van der Waals surface area contributed by atoms with Crippen LogP contribution < -0.4 is 9.80 Å². The van der Waals surface area contributed by atoms with Crippen LogP contribution in [0.1, 0.15) is 25.0 Å². The molecule has 10 aromatic carbocycles. The smallest absolute Gasteiger partial charge is 0.0488 e. The minimum atomic E-state index is -0.149. The fourth-order valence-electron chi connectivity index (χ4n) is 9.91. The second-order valence-corrected chi connectivity index (χ2v) is 17.4. The number of fused-ring (bicyclic) bond motifs is 3. The normalized spacial score (nSPS) is 12.3. The van der Waals surface area contributed by atoms with Gasteiger partial charge in [-0.1, -0.05) is 196 Å². The summed E-state index contributed by atoms with van der Waals surface area (Å²) in [5, 5.41) is 0. The average molecular weight is 833 g/mol. The van der Waals surface area contributed by atoms with Crippen LogP contribution in [-0.2, 0) is 5.41 Å². The van der Waals surface area contributed by atoms with Crippen LogP contribution in [-0.4, -0.2) is 0 Å². The summed E-state index contributed by atoms with van der Waals surface area (Å²) in [5.74, 6) is 0. The summed E-state index contributed by atoms with van der Waals surface area (Å²) in [4.78, 5) is 4.81. The maximum absolute atomic E-state index is 2.43. The van der Waals surface area contributed by atoms with E-state index in [1.807, 2.05) is 0 Å². The van der Waals surface area contributed by atoms with Crippen LogP contribution in [0.25, 0.3) is 55.6 Å². The largest absolute Gasteiger partial charge is 0.310 e. The van der Waals surface area contributed by atoms with Gasteiger partial charge in [0.15, 0.2) is 0 Å². The van der Waals surface area contributed by atoms with E-state index in [0.717, 1.165) is 50.8 Å². The second kappa shape index (κ2) is 16.8. The Kier molecular flexibility index (Phi) is 10.3. The molecule has 2 heteroatoms. The quantitative estimate of drug-likeness (QED) is 0.135. The molecule has 0 N–H and O–H groups in total. The number of hydrogen-bond donors (Lipinski definition) is 0. The Hall–Kier alpha value is -8.20. The number of para-hydroxylation sites is 3. The monoisotopic (exact) mass is 832 g/mol. The van der Waals surface area contributed by atoms with Crippen molar-refractivity contribution in [2.24, 2.45) is 0 Å². The van der Waals surface area contributed by atoms with Crippen molar-refractivity contribution in [3.63, 3.8) is 0 Å². The molecule has 10 aromatic rings. The molecule has 1 aliphatic rings. The van der Waals surface area contributed by atoms with Crippen molar-refractivity contribution in [3.8, 4) is 55.6 Å². The van der Waals surface area contributed by atoms with Crippen LogP contribution in [0.3, 0.4) is 0 Å². The lowest BCUT2D eigenvalue weighted by atomic mass is 9.82. The minimum Gasteiger partial charge on any atom is -0.310 e. The number of hydrogen-bond acceptors (Lipinski definition) is 2. The Bertz CT molecular complexity index is 3170. The number of benzene rings is 10. The maximum Gasteiger partial charge on any atom is 0.0488 e. The standard InChI is InChI=1S/C63H48N2/c1-63(2)60-37-19-18-34-58(60)59-39-38-53(44-61(59)63)65(52-32-16-7-17-33-52)55-42-49(41-54(43-55)64(50-28-12-5-13-29-50)51-30-14-6-15-31-51)47-26-20-27-48(40-47)62-56(45-22-8-3-9-23-45)35-21-36-57(62)46-24-10-4-11-25-46/h3-44H,1-2H3. The van der Waals surface area contributed by atoms with Crippen molar-refractivity contribution < 1.29 is 0 Å². The van der Waals surface area contributed by atoms with Crippen LogP contribution in [0, 0.1) is 0 Å². The highest BCUT2D eigenvalue weighted by Crippen LogP contribution is 2.51. The van der Waals surface area contributed by atoms with Gasteiger partial charge < -0.3 is 9.80 Å². The van der Waals surface area contributed by atoms with E-state index in [2.05, 4.69) is 278 Å². The molecular weight excluding hydrogens is 785 g/mol. The molecule has 1 aliphatic carbocycles. The summed E-state index contributed by atoms with van der Waals surface area (Å²) < 4.78 is 0. The third kappa shape index (κ3) is 7.39. The average Bonchev–Trinajstić information content (AvgIpc) is 3.60. The minimum absolute atomic E-state index is 0.149. The van der Waals surface area contributed by atoms with E-state index >= 15 is 0 Å². The molecule has 0 aliphatic heterocycles. The lowest BCUT2D eigenvalue weighted by Crippen LogP contribution is -2.17. The first-order valence-electron chi connectivity index (χ1n) is 22.5. The van der Waals surface area contributed by atoms with Crippen LogP contribution in [0.15, 0.2) is 255 Å². The van der Waals surface area contributed by atoms with E-state index in [1.54, 1.807) is 0 Å². The molecule has 65 heavy (non-hydrogen) atoms. The molecule has 0 saturated heterocycles. The summed E-state index contributed by atoms with van der Waals surface area (Å²) in [6, 6.07) is 92.6. The van der Waals surface area contributed by atoms with Gasteiger partial charge in [-0.05, 0) is 140 Å². The van der Waals surface area contributed by atoms with Gasteiger partial charge in [-0.15, -0.1) is 0 Å². The molecule has 2 nitrogen and oxygen atoms in total. The van der Waals surface area contributed by atoms with Gasteiger partial charge in [-0.2, -0.15) is 0 Å². The number of rotatable bonds is 10. The van der Waals surface area contributed by atoms with Crippen molar-refractivity contribution in [1.82, 2.24) is 0 Å². The van der Waals surface area contributed by atoms with Crippen molar-refractivity contribution in [2.75, 3.05) is 9.80 Å². The summed E-state index contributed by atoms with van der Waals surface area (Å²) in [7, 11) is 0. The van der Waals surface area contributed by atoms with Crippen molar-refractivity contribution >= 4 is 34.1 Å². The highest BCUT2D eigenvalue weighted by atomic mass is 15.2. The molecule has 0 bridgehead atoms. The summed E-state index contributed by atoms with van der Waals surface area (Å²) in [5.41, 5.74) is 21.1. The molecule has 11 rings (SSSR count). The molecule has 0 fully saturated rings. The molecule has 0 unspecified atom stereocenters. The SMILES string of the molecule is CC1(C)c2ccccc2-c2ccc(N(c3ccccc3)c3cc(-c4cccc(-c5c(-c6ccccc6)cccc5-c5ccccc5)c4)cc(N(c4ccccc4)c4ccccc4)c3)cc21. The number of nitrogens with zero attached hydrogens (tertiary/aromatic N) is 2. The lowest BCUT2D eigenvalue weighted by Gasteiger charge is -2.31.